The molecule has 1 atom stereocenters. The maximum absolute atomic E-state index is 12.4. The van der Waals surface area contributed by atoms with Crippen molar-refractivity contribution in [3.8, 4) is 11.5 Å². The van der Waals surface area contributed by atoms with Crippen LogP contribution in [0.4, 0.5) is 5.69 Å². The second-order valence-corrected chi connectivity index (χ2v) is 6.50. The number of amides is 1. The van der Waals surface area contributed by atoms with Gasteiger partial charge >= 0.3 is 5.97 Å². The molecular weight excluding hydrogens is 342 g/mol. The minimum absolute atomic E-state index is 0.179. The van der Waals surface area contributed by atoms with Crippen LogP contribution in [0.5, 0.6) is 11.5 Å². The number of nitrogens with one attached hydrogen (secondary N) is 1. The normalized spacial score (nSPS) is 11.5. The van der Waals surface area contributed by atoms with Crippen molar-refractivity contribution in [1.82, 2.24) is 0 Å². The highest BCUT2D eigenvalue weighted by Gasteiger charge is 2.19. The Balaban J connectivity index is 2.10. The third-order valence-corrected chi connectivity index (χ3v) is 4.62. The highest BCUT2D eigenvalue weighted by molar-refractivity contribution is 8.00. The van der Waals surface area contributed by atoms with Gasteiger partial charge in [-0.3, -0.25) is 4.79 Å². The molecule has 0 bridgehead atoms. The van der Waals surface area contributed by atoms with Crippen molar-refractivity contribution in [2.45, 2.75) is 17.1 Å². The molecule has 25 heavy (non-hydrogen) atoms. The van der Waals surface area contributed by atoms with Crippen molar-refractivity contribution in [2.24, 2.45) is 0 Å². The smallest absolute Gasteiger partial charge is 0.336 e. The lowest BCUT2D eigenvalue weighted by atomic mass is 10.2. The van der Waals surface area contributed by atoms with Crippen LogP contribution in [0.15, 0.2) is 47.4 Å². The molecule has 0 unspecified atom stereocenters. The number of thioether (sulfide) groups is 1. The van der Waals surface area contributed by atoms with Gasteiger partial charge in [-0.2, -0.15) is 0 Å². The first-order valence-corrected chi connectivity index (χ1v) is 8.36. The van der Waals surface area contributed by atoms with Gasteiger partial charge < -0.3 is 19.9 Å². The van der Waals surface area contributed by atoms with Gasteiger partial charge in [-0.15, -0.1) is 11.8 Å². The zero-order valence-electron chi connectivity index (χ0n) is 14.1. The minimum Gasteiger partial charge on any atom is -0.493 e. The zero-order valence-corrected chi connectivity index (χ0v) is 14.9. The molecule has 6 nitrogen and oxygen atoms in total. The van der Waals surface area contributed by atoms with Gasteiger partial charge in [0.1, 0.15) is 0 Å². The number of carboxylic acids is 1. The Morgan fingerprint density at radius 3 is 2.40 bits per heavy atom. The molecule has 0 aliphatic rings. The van der Waals surface area contributed by atoms with E-state index in [1.807, 2.05) is 0 Å². The maximum Gasteiger partial charge on any atom is 0.336 e. The summed E-state index contributed by atoms with van der Waals surface area (Å²) in [6.45, 7) is 1.72. The van der Waals surface area contributed by atoms with E-state index in [0.29, 0.717) is 22.1 Å². The Morgan fingerprint density at radius 2 is 1.76 bits per heavy atom. The largest absolute Gasteiger partial charge is 0.493 e. The highest BCUT2D eigenvalue weighted by Crippen LogP contribution is 2.31. The third kappa shape index (κ3) is 4.67. The predicted molar refractivity (Wildman–Crippen MR) is 96.9 cm³/mol. The van der Waals surface area contributed by atoms with Gasteiger partial charge in [0.05, 0.1) is 25.0 Å². The number of rotatable bonds is 7. The van der Waals surface area contributed by atoms with Crippen LogP contribution in [0.25, 0.3) is 0 Å². The summed E-state index contributed by atoms with van der Waals surface area (Å²) in [4.78, 5) is 24.2. The maximum atomic E-state index is 12.4. The third-order valence-electron chi connectivity index (χ3n) is 3.44. The number of benzene rings is 2. The molecule has 0 aromatic heterocycles. The monoisotopic (exact) mass is 361 g/mol. The summed E-state index contributed by atoms with van der Waals surface area (Å²) in [6, 6.07) is 11.7. The molecule has 0 saturated carbocycles. The van der Waals surface area contributed by atoms with Crippen LogP contribution >= 0.6 is 11.8 Å². The molecule has 0 fully saturated rings. The van der Waals surface area contributed by atoms with Gasteiger partial charge in [0.2, 0.25) is 5.91 Å². The summed E-state index contributed by atoms with van der Waals surface area (Å²) < 4.78 is 10.4. The molecule has 1 amide bonds. The van der Waals surface area contributed by atoms with Crippen LogP contribution < -0.4 is 14.8 Å². The number of aromatic carboxylic acids is 1. The van der Waals surface area contributed by atoms with Gasteiger partial charge in [-0.1, -0.05) is 12.1 Å². The summed E-state index contributed by atoms with van der Waals surface area (Å²) in [5.41, 5.74) is 0.750. The van der Waals surface area contributed by atoms with E-state index in [1.165, 1.54) is 32.0 Å². The second kappa shape index (κ2) is 8.43. The van der Waals surface area contributed by atoms with Gasteiger partial charge in [-0.25, -0.2) is 4.79 Å². The van der Waals surface area contributed by atoms with Crippen LogP contribution in [-0.2, 0) is 4.79 Å². The number of hydrogen-bond acceptors (Lipinski definition) is 5. The molecule has 132 valence electrons. The summed E-state index contributed by atoms with van der Waals surface area (Å²) in [5.74, 6) is -0.178. The minimum atomic E-state index is -1.02. The number of hydrogen-bond donors (Lipinski definition) is 2. The van der Waals surface area contributed by atoms with Crippen molar-refractivity contribution in [2.75, 3.05) is 19.5 Å². The lowest BCUT2D eigenvalue weighted by molar-refractivity contribution is -0.115. The number of anilines is 1. The molecular formula is C18H19NO5S. The van der Waals surface area contributed by atoms with Crippen LogP contribution in [0.1, 0.15) is 17.3 Å². The van der Waals surface area contributed by atoms with Gasteiger partial charge in [-0.05, 0) is 31.2 Å². The topological polar surface area (TPSA) is 84.9 Å². The quantitative estimate of drug-likeness (QED) is 0.734. The zero-order chi connectivity index (χ0) is 18.4. The summed E-state index contributed by atoms with van der Waals surface area (Å²) >= 11 is 1.19. The second-order valence-electron chi connectivity index (χ2n) is 5.12. The Morgan fingerprint density at radius 1 is 1.08 bits per heavy atom. The molecule has 0 heterocycles. The van der Waals surface area contributed by atoms with Crippen LogP contribution in [0, 0.1) is 0 Å². The Labute approximate surface area is 150 Å². The van der Waals surface area contributed by atoms with Crippen molar-refractivity contribution in [3.63, 3.8) is 0 Å². The number of carbonyl (C=O) groups is 2. The number of carbonyl (C=O) groups excluding carboxylic acids is 1. The fraction of sp³-hybridized carbons (Fsp3) is 0.222. The first-order valence-electron chi connectivity index (χ1n) is 7.48. The van der Waals surface area contributed by atoms with E-state index in [4.69, 9.17) is 9.47 Å². The highest BCUT2D eigenvalue weighted by atomic mass is 32.2. The Bertz CT molecular complexity index is 778. The van der Waals surface area contributed by atoms with E-state index in [0.717, 1.165) is 0 Å². The van der Waals surface area contributed by atoms with Crippen LogP contribution in [0.2, 0.25) is 0 Å². The first kappa shape index (κ1) is 18.7. The fourth-order valence-corrected chi connectivity index (χ4v) is 3.13. The average Bonchev–Trinajstić information content (AvgIpc) is 2.61. The van der Waals surface area contributed by atoms with E-state index >= 15 is 0 Å². The SMILES string of the molecule is COc1ccc(NC(=O)[C@H](C)Sc2ccccc2C(=O)O)cc1OC. The number of ether oxygens (including phenoxy) is 2. The molecule has 2 N–H and O–H groups in total. The fourth-order valence-electron chi connectivity index (χ4n) is 2.15. The first-order chi connectivity index (χ1) is 12.0. The molecule has 2 aromatic carbocycles. The average molecular weight is 361 g/mol. The van der Waals surface area contributed by atoms with Gasteiger partial charge in [0.25, 0.3) is 0 Å². The molecule has 2 rings (SSSR count). The van der Waals surface area contributed by atoms with E-state index in [2.05, 4.69) is 5.32 Å². The van der Waals surface area contributed by atoms with Gasteiger partial charge in [0.15, 0.2) is 11.5 Å². The molecule has 0 radical (unpaired) electrons. The lowest BCUT2D eigenvalue weighted by Gasteiger charge is -2.14. The summed E-state index contributed by atoms with van der Waals surface area (Å²) in [6.07, 6.45) is 0. The molecule has 0 spiro atoms. The summed E-state index contributed by atoms with van der Waals surface area (Å²) in [5, 5.41) is 11.5. The van der Waals surface area contributed by atoms with Crippen LogP contribution in [0.3, 0.4) is 0 Å². The van der Waals surface area contributed by atoms with E-state index in [-0.39, 0.29) is 11.5 Å². The molecule has 0 aliphatic carbocycles. The van der Waals surface area contributed by atoms with Crippen molar-refractivity contribution >= 4 is 29.3 Å². The molecule has 0 saturated heterocycles. The van der Waals surface area contributed by atoms with Crippen molar-refractivity contribution in [3.05, 3.63) is 48.0 Å². The molecule has 0 aliphatic heterocycles. The van der Waals surface area contributed by atoms with Crippen LogP contribution in [-0.4, -0.2) is 36.5 Å². The van der Waals surface area contributed by atoms with E-state index < -0.39 is 11.2 Å². The predicted octanol–water partition coefficient (Wildman–Crippen LogP) is 3.52. The van der Waals surface area contributed by atoms with E-state index in [1.54, 1.807) is 43.3 Å². The number of methoxy groups -OCH3 is 2. The number of carboxylic acid groups (broad SMARTS) is 1. The standard InChI is InChI=1S/C18H19NO5S/c1-11(25-16-7-5-4-6-13(16)18(21)22)17(20)19-12-8-9-14(23-2)15(10-12)24-3/h4-11H,1-3H3,(H,19,20)(H,21,22)/t11-/m0/s1. The Hall–Kier alpha value is -2.67. The Kier molecular flexibility index (Phi) is 6.30. The van der Waals surface area contributed by atoms with Gasteiger partial charge in [0, 0.05) is 16.6 Å². The summed E-state index contributed by atoms with van der Waals surface area (Å²) in [7, 11) is 3.06. The van der Waals surface area contributed by atoms with Crippen molar-refractivity contribution in [1.29, 1.82) is 0 Å². The van der Waals surface area contributed by atoms with Crippen molar-refractivity contribution < 1.29 is 24.2 Å². The lowest BCUT2D eigenvalue weighted by Crippen LogP contribution is -2.22. The molecule has 2 aromatic rings. The molecule has 7 heteroatoms. The van der Waals surface area contributed by atoms with E-state index in [9.17, 15) is 14.7 Å².